The van der Waals surface area contributed by atoms with E-state index in [-0.39, 0.29) is 11.8 Å². The number of nitrogens with one attached hydrogen (secondary N) is 1. The Morgan fingerprint density at radius 3 is 3.12 bits per heavy atom. The van der Waals surface area contributed by atoms with E-state index in [0.717, 1.165) is 41.3 Å². The van der Waals surface area contributed by atoms with Gasteiger partial charge in [0.15, 0.2) is 0 Å². The van der Waals surface area contributed by atoms with E-state index < -0.39 is 0 Å². The number of hydrogen-bond donors (Lipinski definition) is 1. The quantitative estimate of drug-likeness (QED) is 0.905. The Bertz CT molecular complexity index is 754. The van der Waals surface area contributed by atoms with Crippen LogP contribution in [0.1, 0.15) is 46.8 Å². The van der Waals surface area contributed by atoms with Crippen molar-refractivity contribution in [1.29, 1.82) is 0 Å². The van der Waals surface area contributed by atoms with Crippen LogP contribution in [0.25, 0.3) is 12.2 Å². The van der Waals surface area contributed by atoms with E-state index in [0.29, 0.717) is 6.61 Å². The van der Waals surface area contributed by atoms with Crippen molar-refractivity contribution < 1.29 is 9.53 Å². The average Bonchev–Trinajstić information content (AvgIpc) is 3.03. The molecule has 2 aromatic rings. The Kier molecular flexibility index (Phi) is 5.25. The molecule has 126 valence electrons. The molecule has 1 N–H and O–H groups in total. The number of aromatic nitrogens is 2. The number of pyridine rings is 1. The second-order valence-electron chi connectivity index (χ2n) is 5.64. The zero-order valence-electron chi connectivity index (χ0n) is 13.9. The fraction of sp³-hybridized carbons (Fsp3) is 0.389. The van der Waals surface area contributed by atoms with Gasteiger partial charge in [-0.05, 0) is 43.9 Å². The Labute approximate surface area is 145 Å². The number of hydrogen-bond acceptors (Lipinski definition) is 5. The highest BCUT2D eigenvalue weighted by atomic mass is 32.1. The van der Waals surface area contributed by atoms with Crippen LogP contribution in [-0.4, -0.2) is 29.5 Å². The predicted molar refractivity (Wildman–Crippen MR) is 96.2 cm³/mol. The molecule has 3 rings (SSSR count). The van der Waals surface area contributed by atoms with Crippen LogP contribution in [0.2, 0.25) is 0 Å². The maximum absolute atomic E-state index is 12.0. The van der Waals surface area contributed by atoms with Gasteiger partial charge < -0.3 is 10.1 Å². The first kappa shape index (κ1) is 16.6. The SMILES string of the molecule is CCOc1cncc(C=Cc2nc3c(s2)CCCC3C(=O)NC)c1. The molecule has 6 heteroatoms. The molecular formula is C18H21N3O2S. The molecular weight excluding hydrogens is 322 g/mol. The molecule has 0 spiro atoms. The number of ether oxygens (including phenoxy) is 1. The highest BCUT2D eigenvalue weighted by molar-refractivity contribution is 7.12. The van der Waals surface area contributed by atoms with E-state index in [2.05, 4.69) is 10.3 Å². The van der Waals surface area contributed by atoms with Crippen LogP contribution in [0.15, 0.2) is 18.5 Å². The minimum Gasteiger partial charge on any atom is -0.492 e. The lowest BCUT2D eigenvalue weighted by atomic mass is 9.90. The second-order valence-corrected chi connectivity index (χ2v) is 6.76. The summed E-state index contributed by atoms with van der Waals surface area (Å²) in [6.07, 6.45) is 10.4. The second kappa shape index (κ2) is 7.57. The molecule has 1 atom stereocenters. The summed E-state index contributed by atoms with van der Waals surface area (Å²) in [5.74, 6) is 0.711. The molecule has 0 aromatic carbocycles. The molecule has 0 saturated carbocycles. The largest absolute Gasteiger partial charge is 0.492 e. The molecule has 1 aliphatic carbocycles. The highest BCUT2D eigenvalue weighted by Crippen LogP contribution is 2.35. The van der Waals surface area contributed by atoms with Crippen LogP contribution in [0, 0.1) is 0 Å². The number of carbonyl (C=O) groups excluding carboxylic acids is 1. The van der Waals surface area contributed by atoms with Crippen LogP contribution in [0.3, 0.4) is 0 Å². The number of rotatable bonds is 5. The van der Waals surface area contributed by atoms with Gasteiger partial charge in [-0.15, -0.1) is 11.3 Å². The number of fused-ring (bicyclic) bond motifs is 1. The lowest BCUT2D eigenvalue weighted by molar-refractivity contribution is -0.122. The minimum atomic E-state index is -0.111. The maximum atomic E-state index is 12.0. The van der Waals surface area contributed by atoms with Crippen LogP contribution >= 0.6 is 11.3 Å². The number of carbonyl (C=O) groups is 1. The van der Waals surface area contributed by atoms with E-state index in [4.69, 9.17) is 9.72 Å². The Hall–Kier alpha value is -2.21. The first-order valence-corrected chi connectivity index (χ1v) is 9.00. The number of likely N-dealkylation sites (N-methyl/N-ethyl adjacent to an activating group) is 1. The lowest BCUT2D eigenvalue weighted by Crippen LogP contribution is -2.28. The molecule has 0 fully saturated rings. The molecule has 1 amide bonds. The van der Waals surface area contributed by atoms with E-state index in [1.807, 2.05) is 25.1 Å². The van der Waals surface area contributed by atoms with Gasteiger partial charge in [-0.25, -0.2) is 4.98 Å². The van der Waals surface area contributed by atoms with Gasteiger partial charge in [0.2, 0.25) is 5.91 Å². The first-order chi connectivity index (χ1) is 11.7. The van der Waals surface area contributed by atoms with Gasteiger partial charge in [-0.3, -0.25) is 9.78 Å². The summed E-state index contributed by atoms with van der Waals surface area (Å²) in [5, 5.41) is 3.67. The summed E-state index contributed by atoms with van der Waals surface area (Å²) in [6.45, 7) is 2.57. The summed E-state index contributed by atoms with van der Waals surface area (Å²) in [7, 11) is 1.68. The van der Waals surface area contributed by atoms with Gasteiger partial charge in [0.05, 0.1) is 24.4 Å². The monoisotopic (exact) mass is 343 g/mol. The molecule has 0 saturated heterocycles. The molecule has 1 aliphatic rings. The number of amides is 1. The van der Waals surface area contributed by atoms with Gasteiger partial charge >= 0.3 is 0 Å². The van der Waals surface area contributed by atoms with Gasteiger partial charge in [0.1, 0.15) is 10.8 Å². The normalized spacial score (nSPS) is 16.8. The van der Waals surface area contributed by atoms with Crippen molar-refractivity contribution >= 4 is 29.4 Å². The van der Waals surface area contributed by atoms with Gasteiger partial charge in [-0.2, -0.15) is 0 Å². The Morgan fingerprint density at radius 1 is 1.46 bits per heavy atom. The van der Waals surface area contributed by atoms with Crippen LogP contribution < -0.4 is 10.1 Å². The van der Waals surface area contributed by atoms with Crippen LogP contribution in [-0.2, 0) is 11.2 Å². The van der Waals surface area contributed by atoms with Gasteiger partial charge in [0.25, 0.3) is 0 Å². The third kappa shape index (κ3) is 3.64. The molecule has 1 unspecified atom stereocenters. The van der Waals surface area contributed by atoms with Crippen molar-refractivity contribution in [2.45, 2.75) is 32.1 Å². The summed E-state index contributed by atoms with van der Waals surface area (Å²) in [5.41, 5.74) is 1.92. The highest BCUT2D eigenvalue weighted by Gasteiger charge is 2.29. The molecule has 0 radical (unpaired) electrons. The number of aryl methyl sites for hydroxylation is 1. The minimum absolute atomic E-state index is 0.0606. The Balaban J connectivity index is 1.80. The zero-order valence-corrected chi connectivity index (χ0v) is 14.7. The summed E-state index contributed by atoms with van der Waals surface area (Å²) in [4.78, 5) is 22.1. The first-order valence-electron chi connectivity index (χ1n) is 8.18. The summed E-state index contributed by atoms with van der Waals surface area (Å²) in [6, 6.07) is 1.95. The average molecular weight is 343 g/mol. The van der Waals surface area contributed by atoms with Crippen molar-refractivity contribution in [2.24, 2.45) is 0 Å². The number of thiazole rings is 1. The topological polar surface area (TPSA) is 64.1 Å². The van der Waals surface area contributed by atoms with Crippen molar-refractivity contribution in [3.05, 3.63) is 39.6 Å². The van der Waals surface area contributed by atoms with Crippen molar-refractivity contribution in [2.75, 3.05) is 13.7 Å². The van der Waals surface area contributed by atoms with Crippen LogP contribution in [0.4, 0.5) is 0 Å². The van der Waals surface area contributed by atoms with Crippen molar-refractivity contribution in [3.63, 3.8) is 0 Å². The summed E-state index contributed by atoms with van der Waals surface area (Å²) < 4.78 is 5.46. The number of nitrogens with zero attached hydrogens (tertiary/aromatic N) is 2. The molecule has 0 bridgehead atoms. The van der Waals surface area contributed by atoms with Crippen LogP contribution in [0.5, 0.6) is 5.75 Å². The van der Waals surface area contributed by atoms with E-state index in [1.54, 1.807) is 30.8 Å². The standard InChI is InChI=1S/C18H21N3O2S/c1-3-23-13-9-12(10-20-11-13)7-8-16-21-17-14(18(22)19-2)5-4-6-15(17)24-16/h7-11,14H,3-6H2,1-2H3,(H,19,22). The Morgan fingerprint density at radius 2 is 2.33 bits per heavy atom. The molecule has 0 aliphatic heterocycles. The third-order valence-electron chi connectivity index (χ3n) is 4.00. The van der Waals surface area contributed by atoms with E-state index in [9.17, 15) is 4.79 Å². The van der Waals surface area contributed by atoms with Gasteiger partial charge in [0, 0.05) is 18.1 Å². The maximum Gasteiger partial charge on any atom is 0.228 e. The van der Waals surface area contributed by atoms with Crippen molar-refractivity contribution in [3.8, 4) is 5.75 Å². The smallest absolute Gasteiger partial charge is 0.228 e. The predicted octanol–water partition coefficient (Wildman–Crippen LogP) is 3.27. The molecule has 5 nitrogen and oxygen atoms in total. The lowest BCUT2D eigenvalue weighted by Gasteiger charge is -2.19. The fourth-order valence-corrected chi connectivity index (χ4v) is 3.95. The zero-order chi connectivity index (χ0) is 16.9. The van der Waals surface area contributed by atoms with Crippen molar-refractivity contribution in [1.82, 2.24) is 15.3 Å². The fourth-order valence-electron chi connectivity index (χ4n) is 2.88. The molecule has 24 heavy (non-hydrogen) atoms. The van der Waals surface area contributed by atoms with E-state index >= 15 is 0 Å². The summed E-state index contributed by atoms with van der Waals surface area (Å²) >= 11 is 1.67. The molecule has 2 heterocycles. The third-order valence-corrected chi connectivity index (χ3v) is 5.09. The van der Waals surface area contributed by atoms with Gasteiger partial charge in [-0.1, -0.05) is 6.08 Å². The molecule has 2 aromatic heterocycles. The van der Waals surface area contributed by atoms with E-state index in [1.165, 1.54) is 4.88 Å².